The lowest BCUT2D eigenvalue weighted by Crippen LogP contribution is -2.38. The number of aryl methyl sites for hydroxylation is 1. The molecular weight excluding hydrogens is 384 g/mol. The lowest BCUT2D eigenvalue weighted by molar-refractivity contribution is 0.0907. The molecule has 4 rings (SSSR count). The van der Waals surface area contributed by atoms with Gasteiger partial charge in [0.2, 0.25) is 0 Å². The number of hydrogen-bond donors (Lipinski definition) is 1. The fourth-order valence-corrected chi connectivity index (χ4v) is 4.82. The standard InChI is InChI=1S/C23H26N2O3S/c1-16-8-9-20-17(13-16)19(26)14-21(28-20)23(27)24-15-18(22-7-6-12-29-22)25-10-4-2-3-5-11-25/h6-9,12-14,18H,2-5,10-11,15H2,1H3,(H,24,27)/t18-/m0/s1. The van der Waals surface area contributed by atoms with Crippen LogP contribution in [-0.2, 0) is 0 Å². The van der Waals surface area contributed by atoms with Crippen LogP contribution in [0.2, 0.25) is 0 Å². The van der Waals surface area contributed by atoms with Gasteiger partial charge in [-0.3, -0.25) is 14.5 Å². The maximum Gasteiger partial charge on any atom is 0.287 e. The van der Waals surface area contributed by atoms with Crippen LogP contribution in [0, 0.1) is 6.92 Å². The topological polar surface area (TPSA) is 62.6 Å². The van der Waals surface area contributed by atoms with Crippen LogP contribution >= 0.6 is 11.3 Å². The van der Waals surface area contributed by atoms with Crippen LogP contribution in [0.3, 0.4) is 0 Å². The normalized spacial score (nSPS) is 16.4. The van der Waals surface area contributed by atoms with Crippen molar-refractivity contribution in [3.63, 3.8) is 0 Å². The molecule has 1 aromatic carbocycles. The molecule has 1 aliphatic heterocycles. The van der Waals surface area contributed by atoms with Crippen LogP contribution in [0.4, 0.5) is 0 Å². The highest BCUT2D eigenvalue weighted by molar-refractivity contribution is 7.10. The summed E-state index contributed by atoms with van der Waals surface area (Å²) >= 11 is 1.72. The summed E-state index contributed by atoms with van der Waals surface area (Å²) in [6.45, 7) is 4.51. The van der Waals surface area contributed by atoms with Crippen molar-refractivity contribution < 1.29 is 9.21 Å². The van der Waals surface area contributed by atoms with Gasteiger partial charge in [-0.25, -0.2) is 0 Å². The van der Waals surface area contributed by atoms with Gasteiger partial charge in [0.25, 0.3) is 5.91 Å². The van der Waals surface area contributed by atoms with Gasteiger partial charge in [-0.1, -0.05) is 30.5 Å². The highest BCUT2D eigenvalue weighted by atomic mass is 32.1. The molecule has 2 aromatic heterocycles. The van der Waals surface area contributed by atoms with E-state index in [0.29, 0.717) is 17.5 Å². The smallest absolute Gasteiger partial charge is 0.287 e. The molecule has 1 atom stereocenters. The van der Waals surface area contributed by atoms with Crippen molar-refractivity contribution >= 4 is 28.2 Å². The third kappa shape index (κ3) is 4.60. The van der Waals surface area contributed by atoms with E-state index in [-0.39, 0.29) is 23.1 Å². The predicted octanol–water partition coefficient (Wildman–Crippen LogP) is 4.51. The molecule has 0 unspecified atom stereocenters. The highest BCUT2D eigenvalue weighted by Crippen LogP contribution is 2.27. The minimum absolute atomic E-state index is 0.0622. The SMILES string of the molecule is Cc1ccc2oc(C(=O)NC[C@@H](c3cccs3)N3CCCCCC3)cc(=O)c2c1. The zero-order valence-electron chi connectivity index (χ0n) is 16.6. The number of rotatable bonds is 5. The number of hydrogen-bond acceptors (Lipinski definition) is 5. The van der Waals surface area contributed by atoms with Gasteiger partial charge in [0.1, 0.15) is 5.58 Å². The van der Waals surface area contributed by atoms with Gasteiger partial charge in [0.05, 0.1) is 11.4 Å². The Labute approximate surface area is 174 Å². The first-order valence-corrected chi connectivity index (χ1v) is 11.1. The van der Waals surface area contributed by atoms with E-state index in [4.69, 9.17) is 4.42 Å². The number of carbonyl (C=O) groups is 1. The number of thiophene rings is 1. The zero-order valence-corrected chi connectivity index (χ0v) is 17.5. The molecule has 1 amide bonds. The minimum Gasteiger partial charge on any atom is -0.451 e. The molecule has 0 saturated carbocycles. The summed E-state index contributed by atoms with van der Waals surface area (Å²) in [5, 5.41) is 5.58. The van der Waals surface area contributed by atoms with Crippen LogP contribution < -0.4 is 10.7 Å². The summed E-state index contributed by atoms with van der Waals surface area (Å²) in [6.07, 6.45) is 4.91. The van der Waals surface area contributed by atoms with E-state index in [1.165, 1.54) is 36.6 Å². The van der Waals surface area contributed by atoms with E-state index in [0.717, 1.165) is 18.7 Å². The van der Waals surface area contributed by atoms with Crippen molar-refractivity contribution in [2.75, 3.05) is 19.6 Å². The van der Waals surface area contributed by atoms with E-state index >= 15 is 0 Å². The van der Waals surface area contributed by atoms with Gasteiger partial charge >= 0.3 is 0 Å². The van der Waals surface area contributed by atoms with Gasteiger partial charge in [-0.2, -0.15) is 0 Å². The number of likely N-dealkylation sites (tertiary alicyclic amines) is 1. The summed E-state index contributed by atoms with van der Waals surface area (Å²) < 4.78 is 5.72. The third-order valence-electron chi connectivity index (χ3n) is 5.52. The Kier molecular flexibility index (Phi) is 6.11. The van der Waals surface area contributed by atoms with Crippen LogP contribution in [0.15, 0.2) is 51.0 Å². The molecule has 1 fully saturated rings. The molecule has 152 valence electrons. The Balaban J connectivity index is 1.52. The minimum atomic E-state index is -0.346. The first kappa shape index (κ1) is 19.9. The molecule has 0 radical (unpaired) electrons. The second-order valence-electron chi connectivity index (χ2n) is 7.67. The van der Waals surface area contributed by atoms with Gasteiger partial charge in [0.15, 0.2) is 11.2 Å². The van der Waals surface area contributed by atoms with Crippen LogP contribution in [-0.4, -0.2) is 30.4 Å². The molecule has 1 N–H and O–H groups in total. The van der Waals surface area contributed by atoms with E-state index in [1.807, 2.05) is 13.0 Å². The van der Waals surface area contributed by atoms with Gasteiger partial charge in [-0.15, -0.1) is 11.3 Å². The van der Waals surface area contributed by atoms with E-state index in [9.17, 15) is 9.59 Å². The second-order valence-corrected chi connectivity index (χ2v) is 8.65. The number of fused-ring (bicyclic) bond motifs is 1. The summed E-state index contributed by atoms with van der Waals surface area (Å²) in [6, 6.07) is 11.0. The van der Waals surface area contributed by atoms with Gasteiger partial charge < -0.3 is 9.73 Å². The number of carbonyl (C=O) groups excluding carboxylic acids is 1. The molecule has 5 nitrogen and oxygen atoms in total. The van der Waals surface area contributed by atoms with Crippen molar-refractivity contribution in [3.05, 3.63) is 68.2 Å². The first-order valence-electron chi connectivity index (χ1n) is 10.2. The highest BCUT2D eigenvalue weighted by Gasteiger charge is 2.24. The monoisotopic (exact) mass is 410 g/mol. The Hall–Kier alpha value is -2.44. The first-order chi connectivity index (χ1) is 14.1. The summed E-state index contributed by atoms with van der Waals surface area (Å²) in [4.78, 5) is 28.9. The molecule has 0 aliphatic carbocycles. The van der Waals surface area contributed by atoms with Crippen molar-refractivity contribution in [1.29, 1.82) is 0 Å². The van der Waals surface area contributed by atoms with Crippen molar-refractivity contribution in [2.45, 2.75) is 38.6 Å². The summed E-state index contributed by atoms with van der Waals surface area (Å²) in [7, 11) is 0. The molecule has 3 heterocycles. The second kappa shape index (κ2) is 8.93. The average Bonchev–Trinajstić information content (AvgIpc) is 3.11. The quantitative estimate of drug-likeness (QED) is 0.672. The Morgan fingerprint density at radius 2 is 1.97 bits per heavy atom. The maximum atomic E-state index is 12.8. The lowest BCUT2D eigenvalue weighted by Gasteiger charge is -2.30. The Bertz CT molecular complexity index is 1030. The molecule has 3 aromatic rings. The van der Waals surface area contributed by atoms with Gasteiger partial charge in [-0.05, 0) is 56.4 Å². The summed E-state index contributed by atoms with van der Waals surface area (Å²) in [5.41, 5.74) is 1.23. The number of benzene rings is 1. The zero-order chi connectivity index (χ0) is 20.2. The molecule has 1 aliphatic rings. The third-order valence-corrected chi connectivity index (χ3v) is 6.49. The number of nitrogens with one attached hydrogen (secondary N) is 1. The lowest BCUT2D eigenvalue weighted by atomic mass is 10.1. The van der Waals surface area contributed by atoms with Crippen molar-refractivity contribution in [1.82, 2.24) is 10.2 Å². The Morgan fingerprint density at radius 3 is 2.69 bits per heavy atom. The molecule has 1 saturated heterocycles. The van der Waals surface area contributed by atoms with E-state index < -0.39 is 0 Å². The van der Waals surface area contributed by atoms with Crippen molar-refractivity contribution in [3.8, 4) is 0 Å². The predicted molar refractivity (Wildman–Crippen MR) is 117 cm³/mol. The molecular formula is C23H26N2O3S. The maximum absolute atomic E-state index is 12.8. The number of nitrogens with zero attached hydrogens (tertiary/aromatic N) is 1. The van der Waals surface area contributed by atoms with Crippen LogP contribution in [0.1, 0.15) is 52.7 Å². The number of amides is 1. The van der Waals surface area contributed by atoms with E-state index in [1.54, 1.807) is 23.5 Å². The molecule has 6 heteroatoms. The summed E-state index contributed by atoms with van der Waals surface area (Å²) in [5.74, 6) is -0.284. The molecule has 0 bridgehead atoms. The average molecular weight is 411 g/mol. The molecule has 0 spiro atoms. The molecule has 29 heavy (non-hydrogen) atoms. The van der Waals surface area contributed by atoms with E-state index in [2.05, 4.69) is 27.7 Å². The van der Waals surface area contributed by atoms with Gasteiger partial charge in [0, 0.05) is 17.5 Å². The van der Waals surface area contributed by atoms with Crippen LogP contribution in [0.5, 0.6) is 0 Å². The fourth-order valence-electron chi connectivity index (χ4n) is 3.96. The fraction of sp³-hybridized carbons (Fsp3) is 0.391. The van der Waals surface area contributed by atoms with Crippen LogP contribution in [0.25, 0.3) is 11.0 Å². The van der Waals surface area contributed by atoms with Crippen molar-refractivity contribution in [2.24, 2.45) is 0 Å². The Morgan fingerprint density at radius 1 is 1.17 bits per heavy atom. The largest absolute Gasteiger partial charge is 0.451 e.